The summed E-state index contributed by atoms with van der Waals surface area (Å²) in [6.45, 7) is 1.70. The van der Waals surface area contributed by atoms with Crippen molar-refractivity contribution in [3.63, 3.8) is 0 Å². The number of hydrogen-bond acceptors (Lipinski definition) is 2. The second-order valence-corrected chi connectivity index (χ2v) is 8.28. The second kappa shape index (κ2) is 5.79. The Bertz CT molecular complexity index is 907. The predicted octanol–water partition coefficient (Wildman–Crippen LogP) is 4.48. The molecule has 2 aromatic carbocycles. The van der Waals surface area contributed by atoms with Crippen LogP contribution in [0.4, 0.5) is 15.8 Å². The first-order chi connectivity index (χ1) is 11.2. The number of anilines is 2. The zero-order chi connectivity index (χ0) is 17.7. The van der Waals surface area contributed by atoms with E-state index in [1.165, 1.54) is 19.2 Å². The molecule has 0 amide bonds. The van der Waals surface area contributed by atoms with Crippen LogP contribution in [0.3, 0.4) is 0 Å². The van der Waals surface area contributed by atoms with Gasteiger partial charge in [-0.15, -0.1) is 0 Å². The fraction of sp³-hybridized carbons (Fsp3) is 0.250. The van der Waals surface area contributed by atoms with Gasteiger partial charge in [-0.25, -0.2) is 8.70 Å². The van der Waals surface area contributed by atoms with Crippen molar-refractivity contribution in [1.29, 1.82) is 0 Å². The third-order valence-electron chi connectivity index (χ3n) is 4.17. The zero-order valence-electron chi connectivity index (χ0n) is 13.0. The smallest absolute Gasteiger partial charge is 0.254 e. The monoisotopic (exact) mass is 388 g/mol. The summed E-state index contributed by atoms with van der Waals surface area (Å²) in [6, 6.07) is 11.2. The normalized spacial score (nSPS) is 18.4. The van der Waals surface area contributed by atoms with Gasteiger partial charge < -0.3 is 0 Å². The second-order valence-electron chi connectivity index (χ2n) is 5.44. The van der Waals surface area contributed by atoms with Crippen LogP contribution in [0.1, 0.15) is 18.9 Å². The van der Waals surface area contributed by atoms with Crippen LogP contribution in [-0.2, 0) is 15.2 Å². The van der Waals surface area contributed by atoms with Gasteiger partial charge in [0.2, 0.25) is 0 Å². The molecule has 24 heavy (non-hydrogen) atoms. The summed E-state index contributed by atoms with van der Waals surface area (Å²) in [4.78, 5) is -1.63. The molecule has 0 aliphatic carbocycles. The highest BCUT2D eigenvalue weighted by atomic mass is 35.5. The van der Waals surface area contributed by atoms with E-state index in [1.807, 2.05) is 0 Å². The molecule has 1 heterocycles. The van der Waals surface area contributed by atoms with Gasteiger partial charge >= 0.3 is 10.2 Å². The number of para-hydroxylation sites is 2. The number of fused-ring (bicyclic) bond motifs is 1. The van der Waals surface area contributed by atoms with Crippen LogP contribution in [0.2, 0.25) is 5.02 Å². The molecule has 4 nitrogen and oxygen atoms in total. The number of alkyl halides is 1. The molecule has 2 aromatic rings. The number of nitrogens with zero attached hydrogens (tertiary/aromatic N) is 2. The summed E-state index contributed by atoms with van der Waals surface area (Å²) in [5.74, 6) is -0.724. The molecule has 128 valence electrons. The van der Waals surface area contributed by atoms with Gasteiger partial charge in [0.25, 0.3) is 0 Å². The summed E-state index contributed by atoms with van der Waals surface area (Å²) in [5, 5.41) is -0.107. The molecular weight excluding hydrogens is 374 g/mol. The highest BCUT2D eigenvalue weighted by molar-refractivity contribution is 7.94. The fourth-order valence-electron chi connectivity index (χ4n) is 2.89. The van der Waals surface area contributed by atoms with Crippen molar-refractivity contribution in [3.05, 3.63) is 58.9 Å². The Hall–Kier alpha value is -1.50. The highest BCUT2D eigenvalue weighted by Crippen LogP contribution is 2.51. The largest absolute Gasteiger partial charge is 0.328 e. The average Bonchev–Trinajstić information content (AvgIpc) is 2.77. The number of halogens is 3. The number of hydrogen-bond donors (Lipinski definition) is 0. The molecule has 0 N–H and O–H groups in total. The number of benzene rings is 2. The summed E-state index contributed by atoms with van der Waals surface area (Å²) in [5.41, 5.74) is 0.905. The Morgan fingerprint density at radius 2 is 1.75 bits per heavy atom. The van der Waals surface area contributed by atoms with E-state index in [4.69, 9.17) is 23.2 Å². The Morgan fingerprint density at radius 1 is 1.12 bits per heavy atom. The summed E-state index contributed by atoms with van der Waals surface area (Å²) >= 11 is 12.6. The molecule has 0 aromatic heterocycles. The lowest BCUT2D eigenvalue weighted by atomic mass is 10.0. The summed E-state index contributed by atoms with van der Waals surface area (Å²) in [6.07, 6.45) is 0.146. The lowest BCUT2D eigenvalue weighted by molar-refractivity contribution is 0.526. The lowest BCUT2D eigenvalue weighted by Gasteiger charge is -2.36. The first kappa shape index (κ1) is 17.3. The van der Waals surface area contributed by atoms with Crippen LogP contribution in [0.5, 0.6) is 0 Å². The topological polar surface area (TPSA) is 40.6 Å². The Balaban J connectivity index is 2.30. The van der Waals surface area contributed by atoms with Crippen molar-refractivity contribution in [2.75, 3.05) is 15.7 Å². The molecule has 8 heteroatoms. The standard InChI is InChI=1S/C16H15Cl2FN2O2S/c1-3-16(18,11-7-6-8-12(17)15(11)19)21-14-10-5-4-9-13(14)20(2)24(21,22)23/h4-10H,3H2,1-2H3/t16-/m0/s1. The van der Waals surface area contributed by atoms with E-state index in [9.17, 15) is 12.8 Å². The highest BCUT2D eigenvalue weighted by Gasteiger charge is 2.51. The van der Waals surface area contributed by atoms with Gasteiger partial charge in [-0.1, -0.05) is 54.4 Å². The minimum atomic E-state index is -3.95. The first-order valence-corrected chi connectivity index (χ1v) is 9.42. The molecule has 0 unspecified atom stereocenters. The van der Waals surface area contributed by atoms with Crippen molar-refractivity contribution < 1.29 is 12.8 Å². The molecule has 0 bridgehead atoms. The van der Waals surface area contributed by atoms with Gasteiger partial charge in [-0.3, -0.25) is 4.31 Å². The van der Waals surface area contributed by atoms with E-state index in [1.54, 1.807) is 37.3 Å². The van der Waals surface area contributed by atoms with E-state index in [-0.39, 0.29) is 17.0 Å². The van der Waals surface area contributed by atoms with Crippen molar-refractivity contribution >= 4 is 44.8 Å². The van der Waals surface area contributed by atoms with Crippen LogP contribution in [0.25, 0.3) is 0 Å². The van der Waals surface area contributed by atoms with E-state index < -0.39 is 21.0 Å². The molecule has 0 spiro atoms. The quantitative estimate of drug-likeness (QED) is 0.574. The summed E-state index contributed by atoms with van der Waals surface area (Å²) < 4.78 is 42.7. The van der Waals surface area contributed by atoms with Gasteiger partial charge in [-0.05, 0) is 24.6 Å². The molecule has 0 saturated carbocycles. The Labute approximate surface area is 150 Å². The first-order valence-electron chi connectivity index (χ1n) is 7.27. The third kappa shape index (κ3) is 2.28. The lowest BCUT2D eigenvalue weighted by Crippen LogP contribution is -2.47. The maximum atomic E-state index is 14.6. The van der Waals surface area contributed by atoms with E-state index in [0.717, 1.165) is 8.61 Å². The molecule has 1 atom stereocenters. The van der Waals surface area contributed by atoms with Gasteiger partial charge in [0, 0.05) is 12.6 Å². The molecule has 3 rings (SSSR count). The summed E-state index contributed by atoms with van der Waals surface area (Å²) in [7, 11) is -2.51. The van der Waals surface area contributed by atoms with Gasteiger partial charge in [-0.2, -0.15) is 8.42 Å². The van der Waals surface area contributed by atoms with E-state index >= 15 is 0 Å². The van der Waals surface area contributed by atoms with Crippen LogP contribution in [0, 0.1) is 5.82 Å². The van der Waals surface area contributed by atoms with Crippen molar-refractivity contribution in [2.24, 2.45) is 0 Å². The third-order valence-corrected chi connectivity index (χ3v) is 7.06. The van der Waals surface area contributed by atoms with E-state index in [0.29, 0.717) is 11.4 Å². The van der Waals surface area contributed by atoms with Gasteiger partial charge in [0.15, 0.2) is 5.00 Å². The SMILES string of the molecule is CC[C@@](Cl)(c1cccc(Cl)c1F)N1c2ccccc2N(C)S1(=O)=O. The van der Waals surface area contributed by atoms with Gasteiger partial charge in [0.1, 0.15) is 5.82 Å². The van der Waals surface area contributed by atoms with Crippen molar-refractivity contribution in [3.8, 4) is 0 Å². The molecule has 0 fully saturated rings. The van der Waals surface area contributed by atoms with Crippen molar-refractivity contribution in [2.45, 2.75) is 18.3 Å². The Kier molecular flexibility index (Phi) is 4.18. The minimum Gasteiger partial charge on any atom is -0.254 e. The number of rotatable bonds is 3. The zero-order valence-corrected chi connectivity index (χ0v) is 15.3. The van der Waals surface area contributed by atoms with Gasteiger partial charge in [0.05, 0.1) is 16.4 Å². The van der Waals surface area contributed by atoms with Crippen molar-refractivity contribution in [1.82, 2.24) is 0 Å². The molecule has 0 saturated heterocycles. The predicted molar refractivity (Wildman–Crippen MR) is 95.5 cm³/mol. The van der Waals surface area contributed by atoms with Crippen LogP contribution in [-0.4, -0.2) is 15.5 Å². The maximum Gasteiger partial charge on any atom is 0.328 e. The average molecular weight is 389 g/mol. The van der Waals surface area contributed by atoms with E-state index in [2.05, 4.69) is 0 Å². The molecule has 0 radical (unpaired) electrons. The molecular formula is C16H15Cl2FN2O2S. The minimum absolute atomic E-state index is 0.0212. The Morgan fingerprint density at radius 3 is 2.38 bits per heavy atom. The van der Waals surface area contributed by atoms with Crippen LogP contribution < -0.4 is 8.61 Å². The molecule has 1 aliphatic heterocycles. The molecule has 1 aliphatic rings. The maximum absolute atomic E-state index is 14.6. The fourth-order valence-corrected chi connectivity index (χ4v) is 5.21. The van der Waals surface area contributed by atoms with Crippen LogP contribution in [0.15, 0.2) is 42.5 Å². The van der Waals surface area contributed by atoms with Crippen LogP contribution >= 0.6 is 23.2 Å².